The van der Waals surface area contributed by atoms with E-state index in [0.29, 0.717) is 0 Å². The van der Waals surface area contributed by atoms with E-state index in [1.165, 1.54) is 5.56 Å². The maximum atomic E-state index is 6.27. The molecular formula is C13H21NO. The van der Waals surface area contributed by atoms with Crippen molar-refractivity contribution in [3.63, 3.8) is 0 Å². The van der Waals surface area contributed by atoms with E-state index in [9.17, 15) is 0 Å². The maximum Gasteiger partial charge on any atom is 0.118 e. The Morgan fingerprint density at radius 1 is 1.13 bits per heavy atom. The normalized spacial score (nSPS) is 11.5. The third-order valence-corrected chi connectivity index (χ3v) is 3.12. The van der Waals surface area contributed by atoms with Gasteiger partial charge in [0.15, 0.2) is 0 Å². The third kappa shape index (κ3) is 3.24. The monoisotopic (exact) mass is 207 g/mol. The van der Waals surface area contributed by atoms with E-state index < -0.39 is 0 Å². The number of rotatable bonds is 5. The topological polar surface area (TPSA) is 35.2 Å². The van der Waals surface area contributed by atoms with Crippen molar-refractivity contribution in [1.29, 1.82) is 0 Å². The summed E-state index contributed by atoms with van der Waals surface area (Å²) in [5.41, 5.74) is 7.49. The zero-order chi connectivity index (χ0) is 11.3. The number of hydrogen-bond donors (Lipinski definition) is 1. The van der Waals surface area contributed by atoms with Crippen LogP contribution in [-0.2, 0) is 6.42 Å². The van der Waals surface area contributed by atoms with Crippen LogP contribution < -0.4 is 10.5 Å². The van der Waals surface area contributed by atoms with Crippen molar-refractivity contribution in [3.8, 4) is 5.75 Å². The summed E-state index contributed by atoms with van der Waals surface area (Å²) >= 11 is 0. The van der Waals surface area contributed by atoms with Crippen molar-refractivity contribution < 1.29 is 4.74 Å². The molecule has 2 N–H and O–H groups in total. The molecule has 0 atom stereocenters. The van der Waals surface area contributed by atoms with E-state index in [0.717, 1.165) is 25.0 Å². The lowest BCUT2D eigenvalue weighted by molar-refractivity contribution is 0.392. The summed E-state index contributed by atoms with van der Waals surface area (Å²) in [7, 11) is 1.68. The lowest BCUT2D eigenvalue weighted by Gasteiger charge is -2.26. The molecule has 0 heterocycles. The van der Waals surface area contributed by atoms with E-state index in [4.69, 9.17) is 10.5 Å². The molecule has 0 aromatic heterocycles. The standard InChI is InChI=1S/C13H21NO/c1-4-13(14,5-2)10-11-6-8-12(15-3)9-7-11/h6-9H,4-5,10,14H2,1-3H3. The second-order valence-corrected chi connectivity index (χ2v) is 4.09. The van der Waals surface area contributed by atoms with E-state index in [1.807, 2.05) is 12.1 Å². The van der Waals surface area contributed by atoms with Gasteiger partial charge in [-0.25, -0.2) is 0 Å². The number of hydrogen-bond acceptors (Lipinski definition) is 2. The first-order valence-corrected chi connectivity index (χ1v) is 5.55. The molecule has 2 heteroatoms. The fourth-order valence-electron chi connectivity index (χ4n) is 1.65. The van der Waals surface area contributed by atoms with Crippen LogP contribution >= 0.6 is 0 Å². The number of benzene rings is 1. The largest absolute Gasteiger partial charge is 0.497 e. The van der Waals surface area contributed by atoms with Crippen molar-refractivity contribution in [3.05, 3.63) is 29.8 Å². The molecule has 2 nitrogen and oxygen atoms in total. The molecule has 1 aromatic carbocycles. The van der Waals surface area contributed by atoms with Crippen LogP contribution in [0.5, 0.6) is 5.75 Å². The summed E-state index contributed by atoms with van der Waals surface area (Å²) in [6.07, 6.45) is 2.95. The highest BCUT2D eigenvalue weighted by atomic mass is 16.5. The lowest BCUT2D eigenvalue weighted by atomic mass is 9.87. The van der Waals surface area contributed by atoms with Crippen molar-refractivity contribution in [2.45, 2.75) is 38.6 Å². The van der Waals surface area contributed by atoms with Gasteiger partial charge in [-0.05, 0) is 37.0 Å². The van der Waals surface area contributed by atoms with Gasteiger partial charge in [-0.15, -0.1) is 0 Å². The zero-order valence-electron chi connectivity index (χ0n) is 9.92. The fourth-order valence-corrected chi connectivity index (χ4v) is 1.65. The van der Waals surface area contributed by atoms with Gasteiger partial charge < -0.3 is 10.5 Å². The molecule has 0 fully saturated rings. The summed E-state index contributed by atoms with van der Waals surface area (Å²) in [4.78, 5) is 0. The van der Waals surface area contributed by atoms with E-state index in [1.54, 1.807) is 7.11 Å². The average Bonchev–Trinajstić information content (AvgIpc) is 2.30. The second-order valence-electron chi connectivity index (χ2n) is 4.09. The van der Waals surface area contributed by atoms with Gasteiger partial charge in [0.05, 0.1) is 7.11 Å². The molecule has 0 aliphatic rings. The predicted molar refractivity (Wildman–Crippen MR) is 64.2 cm³/mol. The van der Waals surface area contributed by atoms with Gasteiger partial charge in [0.1, 0.15) is 5.75 Å². The van der Waals surface area contributed by atoms with E-state index in [2.05, 4.69) is 26.0 Å². The summed E-state index contributed by atoms with van der Waals surface area (Å²) in [5, 5.41) is 0. The third-order valence-electron chi connectivity index (χ3n) is 3.12. The molecule has 0 saturated carbocycles. The highest BCUT2D eigenvalue weighted by molar-refractivity contribution is 5.28. The Labute approximate surface area is 92.4 Å². The first-order chi connectivity index (χ1) is 7.13. The van der Waals surface area contributed by atoms with Gasteiger partial charge in [0.2, 0.25) is 0 Å². The van der Waals surface area contributed by atoms with Crippen molar-refractivity contribution in [2.24, 2.45) is 5.73 Å². The molecule has 1 rings (SSSR count). The highest BCUT2D eigenvalue weighted by Crippen LogP contribution is 2.20. The average molecular weight is 207 g/mol. The summed E-state index contributed by atoms with van der Waals surface area (Å²) in [6.45, 7) is 4.29. The summed E-state index contributed by atoms with van der Waals surface area (Å²) in [5.74, 6) is 0.898. The van der Waals surface area contributed by atoms with E-state index in [-0.39, 0.29) is 5.54 Å². The second kappa shape index (κ2) is 5.17. The SMILES string of the molecule is CCC(N)(CC)Cc1ccc(OC)cc1. The van der Waals surface area contributed by atoms with Gasteiger partial charge in [0.25, 0.3) is 0 Å². The smallest absolute Gasteiger partial charge is 0.118 e. The first-order valence-electron chi connectivity index (χ1n) is 5.55. The molecule has 1 aromatic rings. The van der Waals surface area contributed by atoms with Crippen LogP contribution in [0.4, 0.5) is 0 Å². The molecule has 0 radical (unpaired) electrons. The Bertz CT molecular complexity index is 288. The molecule has 0 amide bonds. The Kier molecular flexibility index (Phi) is 4.15. The summed E-state index contributed by atoms with van der Waals surface area (Å²) < 4.78 is 5.12. The summed E-state index contributed by atoms with van der Waals surface area (Å²) in [6, 6.07) is 8.15. The molecule has 0 unspecified atom stereocenters. The minimum absolute atomic E-state index is 0.0609. The lowest BCUT2D eigenvalue weighted by Crippen LogP contribution is -2.40. The van der Waals surface area contributed by atoms with Crippen LogP contribution in [0, 0.1) is 0 Å². The molecular weight excluding hydrogens is 186 g/mol. The quantitative estimate of drug-likeness (QED) is 0.805. The van der Waals surface area contributed by atoms with Crippen LogP contribution in [0.25, 0.3) is 0 Å². The Hall–Kier alpha value is -1.02. The van der Waals surface area contributed by atoms with Gasteiger partial charge in [-0.1, -0.05) is 26.0 Å². The maximum absolute atomic E-state index is 6.27. The minimum Gasteiger partial charge on any atom is -0.497 e. The van der Waals surface area contributed by atoms with Crippen molar-refractivity contribution >= 4 is 0 Å². The fraction of sp³-hybridized carbons (Fsp3) is 0.538. The van der Waals surface area contributed by atoms with Crippen molar-refractivity contribution in [1.82, 2.24) is 0 Å². The van der Waals surface area contributed by atoms with E-state index >= 15 is 0 Å². The molecule has 0 spiro atoms. The number of methoxy groups -OCH3 is 1. The van der Waals surface area contributed by atoms with Crippen LogP contribution in [0.15, 0.2) is 24.3 Å². The number of ether oxygens (including phenoxy) is 1. The van der Waals surface area contributed by atoms with Gasteiger partial charge >= 0.3 is 0 Å². The number of nitrogens with two attached hydrogens (primary N) is 1. The van der Waals surface area contributed by atoms with Gasteiger partial charge in [0, 0.05) is 5.54 Å². The minimum atomic E-state index is -0.0609. The highest BCUT2D eigenvalue weighted by Gasteiger charge is 2.20. The molecule has 84 valence electrons. The Balaban J connectivity index is 2.71. The Morgan fingerprint density at radius 3 is 2.07 bits per heavy atom. The van der Waals surface area contributed by atoms with Crippen LogP contribution in [0.2, 0.25) is 0 Å². The molecule has 0 bridgehead atoms. The van der Waals surface area contributed by atoms with Gasteiger partial charge in [-0.2, -0.15) is 0 Å². The predicted octanol–water partition coefficient (Wildman–Crippen LogP) is 2.76. The molecule has 15 heavy (non-hydrogen) atoms. The first kappa shape index (κ1) is 12.1. The van der Waals surface area contributed by atoms with Crippen LogP contribution in [0.1, 0.15) is 32.3 Å². The molecule has 0 aliphatic heterocycles. The Morgan fingerprint density at radius 2 is 1.67 bits per heavy atom. The van der Waals surface area contributed by atoms with Crippen LogP contribution in [0.3, 0.4) is 0 Å². The molecule has 0 saturated heterocycles. The van der Waals surface area contributed by atoms with Crippen LogP contribution in [-0.4, -0.2) is 12.6 Å². The van der Waals surface area contributed by atoms with Gasteiger partial charge in [-0.3, -0.25) is 0 Å². The zero-order valence-corrected chi connectivity index (χ0v) is 9.92. The van der Waals surface area contributed by atoms with Crippen molar-refractivity contribution in [2.75, 3.05) is 7.11 Å². The molecule has 0 aliphatic carbocycles.